The predicted octanol–water partition coefficient (Wildman–Crippen LogP) is 2.13. The molecule has 0 saturated carbocycles. The van der Waals surface area contributed by atoms with E-state index in [2.05, 4.69) is 0 Å². The number of anilines is 1. The molecule has 1 aliphatic rings. The number of hydrogen-bond acceptors (Lipinski definition) is 3. The van der Waals surface area contributed by atoms with Gasteiger partial charge >= 0.3 is 0 Å². The van der Waals surface area contributed by atoms with Gasteiger partial charge < -0.3 is 4.90 Å². The first-order valence-electron chi connectivity index (χ1n) is 7.49. The van der Waals surface area contributed by atoms with E-state index in [0.717, 1.165) is 48.6 Å². The van der Waals surface area contributed by atoms with Crippen molar-refractivity contribution in [1.29, 1.82) is 0 Å². The fourth-order valence-corrected chi connectivity index (χ4v) is 3.58. The Kier molecular flexibility index (Phi) is 5.56. The smallest absolute Gasteiger partial charge is 0.232 e. The van der Waals surface area contributed by atoms with Crippen LogP contribution in [-0.2, 0) is 14.8 Å². The van der Waals surface area contributed by atoms with Crippen molar-refractivity contribution in [2.24, 2.45) is 0 Å². The molecule has 8 heteroatoms. The molecule has 2 rings (SSSR count). The van der Waals surface area contributed by atoms with Crippen molar-refractivity contribution in [1.82, 2.24) is 4.90 Å². The van der Waals surface area contributed by atoms with Gasteiger partial charge in [-0.05, 0) is 31.4 Å². The second-order valence-electron chi connectivity index (χ2n) is 5.62. The Morgan fingerprint density at radius 3 is 2.43 bits per heavy atom. The van der Waals surface area contributed by atoms with E-state index < -0.39 is 21.7 Å². The van der Waals surface area contributed by atoms with Gasteiger partial charge in [0.25, 0.3) is 0 Å². The van der Waals surface area contributed by atoms with Gasteiger partial charge in [0.05, 0.1) is 11.9 Å². The Bertz CT molecular complexity index is 673. The average Bonchev–Trinajstić information content (AvgIpc) is 2.99. The number of hydrogen-bond donors (Lipinski definition) is 0. The standard InChI is InChI=1S/C15H20F2N2O3S/c1-23(21,22)19(12-6-7-13(16)14(17)11-12)10-4-5-15(20)18-8-2-3-9-18/h6-7,11H,2-5,8-10H2,1H3. The zero-order valence-corrected chi connectivity index (χ0v) is 13.8. The van der Waals surface area contributed by atoms with Crippen molar-refractivity contribution in [3.05, 3.63) is 29.8 Å². The van der Waals surface area contributed by atoms with Crippen LogP contribution >= 0.6 is 0 Å². The zero-order chi connectivity index (χ0) is 17.0. The Morgan fingerprint density at radius 2 is 1.87 bits per heavy atom. The van der Waals surface area contributed by atoms with E-state index >= 15 is 0 Å². The molecule has 0 bridgehead atoms. The zero-order valence-electron chi connectivity index (χ0n) is 13.0. The number of likely N-dealkylation sites (tertiary alicyclic amines) is 1. The van der Waals surface area contributed by atoms with Crippen molar-refractivity contribution in [2.75, 3.05) is 30.2 Å². The maximum Gasteiger partial charge on any atom is 0.232 e. The van der Waals surface area contributed by atoms with Gasteiger partial charge in [0, 0.05) is 32.1 Å². The van der Waals surface area contributed by atoms with E-state index in [4.69, 9.17) is 0 Å². The lowest BCUT2D eigenvalue weighted by molar-refractivity contribution is -0.130. The highest BCUT2D eigenvalue weighted by atomic mass is 32.2. The van der Waals surface area contributed by atoms with Gasteiger partial charge in [0.2, 0.25) is 15.9 Å². The minimum Gasteiger partial charge on any atom is -0.343 e. The third kappa shape index (κ3) is 4.63. The van der Waals surface area contributed by atoms with Crippen LogP contribution in [0.15, 0.2) is 18.2 Å². The predicted molar refractivity (Wildman–Crippen MR) is 83.6 cm³/mol. The molecule has 1 fully saturated rings. The molecule has 0 atom stereocenters. The molecular weight excluding hydrogens is 326 g/mol. The van der Waals surface area contributed by atoms with Crippen LogP contribution in [0.1, 0.15) is 25.7 Å². The first-order valence-corrected chi connectivity index (χ1v) is 9.34. The average molecular weight is 346 g/mol. The molecular formula is C15H20F2N2O3S. The summed E-state index contributed by atoms with van der Waals surface area (Å²) in [6, 6.07) is 2.94. The largest absolute Gasteiger partial charge is 0.343 e. The van der Waals surface area contributed by atoms with Crippen LogP contribution in [-0.4, -0.2) is 45.1 Å². The summed E-state index contributed by atoms with van der Waals surface area (Å²) in [4.78, 5) is 13.7. The Morgan fingerprint density at radius 1 is 1.22 bits per heavy atom. The van der Waals surface area contributed by atoms with E-state index in [0.29, 0.717) is 6.42 Å². The quantitative estimate of drug-likeness (QED) is 0.793. The number of carbonyl (C=O) groups is 1. The molecule has 1 aromatic carbocycles. The molecule has 1 amide bonds. The molecule has 0 unspecified atom stereocenters. The van der Waals surface area contributed by atoms with Crippen molar-refractivity contribution in [2.45, 2.75) is 25.7 Å². The first-order chi connectivity index (χ1) is 10.8. The van der Waals surface area contributed by atoms with Gasteiger partial charge in [-0.15, -0.1) is 0 Å². The van der Waals surface area contributed by atoms with Crippen LogP contribution in [0.4, 0.5) is 14.5 Å². The highest BCUT2D eigenvalue weighted by molar-refractivity contribution is 7.92. The molecule has 1 aliphatic heterocycles. The first kappa shape index (κ1) is 17.7. The van der Waals surface area contributed by atoms with Gasteiger partial charge in [0.1, 0.15) is 0 Å². The molecule has 1 aromatic rings. The van der Waals surface area contributed by atoms with Gasteiger partial charge in [-0.1, -0.05) is 0 Å². The summed E-state index contributed by atoms with van der Waals surface area (Å²) in [7, 11) is -3.65. The topological polar surface area (TPSA) is 57.7 Å². The van der Waals surface area contributed by atoms with Crippen LogP contribution in [0.3, 0.4) is 0 Å². The molecule has 1 saturated heterocycles. The third-order valence-corrected chi connectivity index (χ3v) is 5.00. The second-order valence-corrected chi connectivity index (χ2v) is 7.53. The molecule has 0 aromatic heterocycles. The van der Waals surface area contributed by atoms with E-state index in [1.54, 1.807) is 4.90 Å². The summed E-state index contributed by atoms with van der Waals surface area (Å²) < 4.78 is 51.1. The van der Waals surface area contributed by atoms with Gasteiger partial charge in [-0.3, -0.25) is 9.10 Å². The maximum absolute atomic E-state index is 13.3. The van der Waals surface area contributed by atoms with E-state index in [9.17, 15) is 22.0 Å². The lowest BCUT2D eigenvalue weighted by Crippen LogP contribution is -2.33. The fourth-order valence-electron chi connectivity index (χ4n) is 2.63. The molecule has 0 spiro atoms. The number of nitrogens with zero attached hydrogens (tertiary/aromatic N) is 2. The maximum atomic E-state index is 13.3. The lowest BCUT2D eigenvalue weighted by atomic mass is 10.2. The number of amides is 1. The molecule has 5 nitrogen and oxygen atoms in total. The summed E-state index contributed by atoms with van der Waals surface area (Å²) in [5.74, 6) is -2.14. The van der Waals surface area contributed by atoms with Crippen LogP contribution in [0.2, 0.25) is 0 Å². The summed E-state index contributed by atoms with van der Waals surface area (Å²) in [6.07, 6.45) is 3.54. The summed E-state index contributed by atoms with van der Waals surface area (Å²) >= 11 is 0. The van der Waals surface area contributed by atoms with Crippen molar-refractivity contribution in [3.8, 4) is 0 Å². The van der Waals surface area contributed by atoms with Crippen molar-refractivity contribution in [3.63, 3.8) is 0 Å². The van der Waals surface area contributed by atoms with Gasteiger partial charge in [-0.2, -0.15) is 0 Å². The monoisotopic (exact) mass is 346 g/mol. The Labute approximate surface area is 134 Å². The molecule has 0 N–H and O–H groups in total. The minimum absolute atomic E-state index is 0.00115. The highest BCUT2D eigenvalue weighted by Crippen LogP contribution is 2.21. The molecule has 0 aliphatic carbocycles. The van der Waals surface area contributed by atoms with Gasteiger partial charge in [0.15, 0.2) is 11.6 Å². The molecule has 0 radical (unpaired) electrons. The summed E-state index contributed by atoms with van der Waals surface area (Å²) in [5.41, 5.74) is 0.0556. The van der Waals surface area contributed by atoms with Crippen LogP contribution < -0.4 is 4.31 Å². The van der Waals surface area contributed by atoms with Crippen LogP contribution in [0, 0.1) is 11.6 Å². The van der Waals surface area contributed by atoms with Crippen molar-refractivity contribution < 1.29 is 22.0 Å². The Hall–Kier alpha value is -1.70. The summed E-state index contributed by atoms with van der Waals surface area (Å²) in [6.45, 7) is 1.54. The SMILES string of the molecule is CS(=O)(=O)N(CCCC(=O)N1CCCC1)c1ccc(F)c(F)c1. The number of rotatable bonds is 6. The Balaban J connectivity index is 2.02. The second kappa shape index (κ2) is 7.25. The fraction of sp³-hybridized carbons (Fsp3) is 0.533. The highest BCUT2D eigenvalue weighted by Gasteiger charge is 2.21. The lowest BCUT2D eigenvalue weighted by Gasteiger charge is -2.23. The third-order valence-electron chi connectivity index (χ3n) is 3.80. The van der Waals surface area contributed by atoms with E-state index in [1.165, 1.54) is 6.07 Å². The summed E-state index contributed by atoms with van der Waals surface area (Å²) in [5, 5.41) is 0. The molecule has 23 heavy (non-hydrogen) atoms. The minimum atomic E-state index is -3.65. The van der Waals surface area contributed by atoms with Crippen LogP contribution in [0.25, 0.3) is 0 Å². The normalized spacial score (nSPS) is 15.0. The van der Waals surface area contributed by atoms with Gasteiger partial charge in [-0.25, -0.2) is 17.2 Å². The number of sulfonamides is 1. The number of halogens is 2. The number of benzene rings is 1. The molecule has 128 valence electrons. The van der Waals surface area contributed by atoms with E-state index in [1.807, 2.05) is 0 Å². The van der Waals surface area contributed by atoms with Crippen molar-refractivity contribution >= 4 is 21.6 Å². The van der Waals surface area contributed by atoms with Crippen LogP contribution in [0.5, 0.6) is 0 Å². The molecule has 1 heterocycles. The van der Waals surface area contributed by atoms with E-state index in [-0.39, 0.29) is 24.6 Å². The number of carbonyl (C=O) groups excluding carboxylic acids is 1.